The molecule has 0 saturated heterocycles. The van der Waals surface area contributed by atoms with E-state index in [1.165, 1.54) is 4.90 Å². The third-order valence-corrected chi connectivity index (χ3v) is 4.69. The summed E-state index contributed by atoms with van der Waals surface area (Å²) in [6.07, 6.45) is 0. The molecule has 0 aliphatic heterocycles. The molecule has 11 heteroatoms. The summed E-state index contributed by atoms with van der Waals surface area (Å²) < 4.78 is 8.58. The molecule has 3 amide bonds. The molecule has 0 radical (unpaired) electrons. The number of primary amides is 1. The Hall–Kier alpha value is -3.47. The first-order valence-corrected chi connectivity index (χ1v) is 9.38. The fourth-order valence-electron chi connectivity index (χ4n) is 2.47. The number of carbonyl (C=O) groups is 4. The molecule has 0 fully saturated rings. The molecule has 0 atom stereocenters. The third kappa shape index (κ3) is 5.29. The number of esters is 1. The monoisotopic (exact) mass is 419 g/mol. The summed E-state index contributed by atoms with van der Waals surface area (Å²) >= 11 is 0.721. The van der Waals surface area contributed by atoms with Gasteiger partial charge < -0.3 is 21.5 Å². The van der Waals surface area contributed by atoms with Gasteiger partial charge in [0.05, 0.1) is 12.3 Å². The zero-order valence-electron chi connectivity index (χ0n) is 15.9. The van der Waals surface area contributed by atoms with E-state index in [9.17, 15) is 19.2 Å². The molecule has 0 saturated carbocycles. The first-order valence-electron chi connectivity index (χ1n) is 8.61. The van der Waals surface area contributed by atoms with E-state index in [-0.39, 0.29) is 36.0 Å². The van der Waals surface area contributed by atoms with Crippen LogP contribution in [0.5, 0.6) is 0 Å². The highest BCUT2D eigenvalue weighted by Crippen LogP contribution is 2.27. The lowest BCUT2D eigenvalue weighted by atomic mass is 10.1. The minimum absolute atomic E-state index is 0.0137. The number of amides is 3. The number of rotatable bonds is 8. The lowest BCUT2D eigenvalue weighted by Gasteiger charge is -2.23. The molecular weight excluding hydrogens is 398 g/mol. The van der Waals surface area contributed by atoms with Crippen LogP contribution in [0.1, 0.15) is 32.6 Å². The number of nitrogens with zero attached hydrogens (tertiary/aromatic N) is 2. The maximum Gasteiger partial charge on any atom is 0.325 e. The number of aromatic nitrogens is 1. The number of nitrogens with one attached hydrogen (secondary N) is 1. The number of nitrogens with two attached hydrogens (primary N) is 2. The maximum atomic E-state index is 13.1. The van der Waals surface area contributed by atoms with Gasteiger partial charge in [-0.25, -0.2) is 0 Å². The average molecular weight is 419 g/mol. The number of ether oxygens (including phenoxy) is 1. The molecule has 29 heavy (non-hydrogen) atoms. The van der Waals surface area contributed by atoms with Crippen LogP contribution in [0, 0.1) is 6.92 Å². The number of carbonyl (C=O) groups excluding carboxylic acids is 4. The van der Waals surface area contributed by atoms with Crippen molar-refractivity contribution in [2.75, 3.05) is 30.3 Å². The molecule has 5 N–H and O–H groups in total. The summed E-state index contributed by atoms with van der Waals surface area (Å²) in [6.45, 7) is 2.91. The molecule has 1 aromatic carbocycles. The first kappa shape index (κ1) is 21.8. The topological polar surface area (TPSA) is 158 Å². The summed E-state index contributed by atoms with van der Waals surface area (Å²) in [5.41, 5.74) is 11.9. The summed E-state index contributed by atoms with van der Waals surface area (Å²) in [5, 5.41) is 2.41. The molecule has 10 nitrogen and oxygen atoms in total. The van der Waals surface area contributed by atoms with Gasteiger partial charge in [-0.2, -0.15) is 4.37 Å². The second kappa shape index (κ2) is 9.64. The predicted octanol–water partition coefficient (Wildman–Crippen LogP) is 0.459. The van der Waals surface area contributed by atoms with E-state index >= 15 is 0 Å². The van der Waals surface area contributed by atoms with Crippen molar-refractivity contribution in [3.8, 4) is 0 Å². The average Bonchev–Trinajstić information content (AvgIpc) is 3.06. The zero-order valence-corrected chi connectivity index (χ0v) is 16.7. The fourth-order valence-corrected chi connectivity index (χ4v) is 3.22. The van der Waals surface area contributed by atoms with Gasteiger partial charge in [-0.1, -0.05) is 18.2 Å². The highest BCUT2D eigenvalue weighted by Gasteiger charge is 2.28. The Kier molecular flexibility index (Phi) is 7.26. The summed E-state index contributed by atoms with van der Waals surface area (Å²) in [7, 11) is 0. The zero-order chi connectivity index (χ0) is 21.6. The number of aryl methyl sites for hydroxylation is 1. The first-order chi connectivity index (χ1) is 13.8. The van der Waals surface area contributed by atoms with Crippen LogP contribution in [0.25, 0.3) is 0 Å². The van der Waals surface area contributed by atoms with E-state index in [1.807, 2.05) is 0 Å². The minimum Gasteiger partial charge on any atom is -0.465 e. The summed E-state index contributed by atoms with van der Waals surface area (Å²) in [4.78, 5) is 49.5. The quantitative estimate of drug-likeness (QED) is 0.524. The van der Waals surface area contributed by atoms with Crippen LogP contribution in [-0.4, -0.2) is 47.8 Å². The summed E-state index contributed by atoms with van der Waals surface area (Å²) in [5.74, 6) is -2.64. The smallest absolute Gasteiger partial charge is 0.325 e. The highest BCUT2D eigenvalue weighted by atomic mass is 32.1. The van der Waals surface area contributed by atoms with Gasteiger partial charge in [-0.05, 0) is 37.0 Å². The van der Waals surface area contributed by atoms with E-state index in [4.69, 9.17) is 16.2 Å². The fraction of sp³-hybridized carbons (Fsp3) is 0.278. The van der Waals surface area contributed by atoms with Crippen molar-refractivity contribution in [1.29, 1.82) is 0 Å². The van der Waals surface area contributed by atoms with E-state index in [1.54, 1.807) is 38.1 Å². The molecule has 154 valence electrons. The Bertz CT molecular complexity index is 942. The third-order valence-electron chi connectivity index (χ3n) is 3.84. The van der Waals surface area contributed by atoms with Crippen LogP contribution in [0.4, 0.5) is 11.4 Å². The molecular formula is C18H21N5O5S. The second-order valence-corrected chi connectivity index (χ2v) is 6.67. The molecule has 0 aliphatic carbocycles. The second-order valence-electron chi connectivity index (χ2n) is 5.90. The Morgan fingerprint density at radius 3 is 2.52 bits per heavy atom. The van der Waals surface area contributed by atoms with Gasteiger partial charge in [-0.15, -0.1) is 0 Å². The van der Waals surface area contributed by atoms with Gasteiger partial charge in [0.1, 0.15) is 18.0 Å². The number of para-hydroxylation sites is 1. The molecule has 1 heterocycles. The van der Waals surface area contributed by atoms with Gasteiger partial charge in [0.2, 0.25) is 5.91 Å². The number of nitrogen functional groups attached to an aromatic ring is 1. The van der Waals surface area contributed by atoms with Crippen molar-refractivity contribution in [2.24, 2.45) is 5.73 Å². The van der Waals surface area contributed by atoms with Crippen LogP contribution < -0.4 is 21.7 Å². The summed E-state index contributed by atoms with van der Waals surface area (Å²) in [6, 6.07) is 6.94. The molecule has 2 rings (SSSR count). The molecule has 1 aromatic heterocycles. The normalized spacial score (nSPS) is 10.3. The van der Waals surface area contributed by atoms with E-state index in [0.29, 0.717) is 5.69 Å². The van der Waals surface area contributed by atoms with Gasteiger partial charge in [0, 0.05) is 5.69 Å². The van der Waals surface area contributed by atoms with Crippen molar-refractivity contribution in [3.05, 3.63) is 40.4 Å². The van der Waals surface area contributed by atoms with Crippen molar-refractivity contribution in [1.82, 2.24) is 9.69 Å². The number of hydrogen-bond acceptors (Lipinski definition) is 8. The molecule has 0 aliphatic rings. The van der Waals surface area contributed by atoms with Crippen molar-refractivity contribution >= 4 is 46.6 Å². The highest BCUT2D eigenvalue weighted by molar-refractivity contribution is 7.09. The van der Waals surface area contributed by atoms with Gasteiger partial charge in [-0.3, -0.25) is 24.1 Å². The Labute approximate surface area is 171 Å². The van der Waals surface area contributed by atoms with Crippen LogP contribution in [0.3, 0.4) is 0 Å². The molecule has 0 bridgehead atoms. The van der Waals surface area contributed by atoms with E-state index < -0.39 is 23.7 Å². The largest absolute Gasteiger partial charge is 0.465 e. The van der Waals surface area contributed by atoms with Gasteiger partial charge in [0.15, 0.2) is 5.69 Å². The lowest BCUT2D eigenvalue weighted by molar-refractivity contribution is -0.143. The van der Waals surface area contributed by atoms with Crippen LogP contribution in [0.2, 0.25) is 0 Å². The Morgan fingerprint density at radius 1 is 1.24 bits per heavy atom. The maximum absolute atomic E-state index is 13.1. The SMILES string of the molecule is CCOC(=O)CNC(=O)CN(C(=O)c1snc(C(N)=O)c1N)c1ccccc1C. The Morgan fingerprint density at radius 2 is 1.93 bits per heavy atom. The Balaban J connectivity index is 2.30. The van der Waals surface area contributed by atoms with E-state index in [2.05, 4.69) is 9.69 Å². The van der Waals surface area contributed by atoms with Crippen molar-refractivity contribution in [3.63, 3.8) is 0 Å². The van der Waals surface area contributed by atoms with Crippen molar-refractivity contribution in [2.45, 2.75) is 13.8 Å². The molecule has 0 spiro atoms. The minimum atomic E-state index is -0.854. The number of anilines is 2. The molecule has 0 unspecified atom stereocenters. The van der Waals surface area contributed by atoms with Crippen molar-refractivity contribution < 1.29 is 23.9 Å². The lowest BCUT2D eigenvalue weighted by Crippen LogP contribution is -2.42. The van der Waals surface area contributed by atoms with Crippen LogP contribution >= 0.6 is 11.5 Å². The van der Waals surface area contributed by atoms with Crippen LogP contribution in [0.15, 0.2) is 24.3 Å². The van der Waals surface area contributed by atoms with Gasteiger partial charge in [0.25, 0.3) is 11.8 Å². The van der Waals surface area contributed by atoms with E-state index in [0.717, 1.165) is 17.1 Å². The van der Waals surface area contributed by atoms with Gasteiger partial charge >= 0.3 is 5.97 Å². The number of hydrogen-bond donors (Lipinski definition) is 3. The molecule has 2 aromatic rings. The number of benzene rings is 1. The van der Waals surface area contributed by atoms with Crippen LogP contribution in [-0.2, 0) is 14.3 Å². The standard InChI is InChI=1S/C18H21N5O5S/c1-3-28-13(25)8-21-12(24)9-23(11-7-5-4-6-10(11)2)18(27)16-14(19)15(17(20)26)22-29-16/h4-7H,3,8-9,19H2,1-2H3,(H2,20,26)(H,21,24). The predicted molar refractivity (Wildman–Crippen MR) is 108 cm³/mol.